The lowest BCUT2D eigenvalue weighted by Crippen LogP contribution is -2.43. The Morgan fingerprint density at radius 2 is 1.94 bits per heavy atom. The lowest BCUT2D eigenvalue weighted by atomic mass is 10.1. The van der Waals surface area contributed by atoms with E-state index in [9.17, 15) is 14.4 Å². The fourth-order valence-electron chi connectivity index (χ4n) is 1.20. The maximum absolute atomic E-state index is 10.9. The van der Waals surface area contributed by atoms with Gasteiger partial charge in [-0.15, -0.1) is 0 Å². The Morgan fingerprint density at radius 3 is 2.38 bits per heavy atom. The molecule has 0 saturated carbocycles. The van der Waals surface area contributed by atoms with Gasteiger partial charge >= 0.3 is 6.09 Å². The number of carbonyl (C=O) groups excluding carboxylic acids is 2. The van der Waals surface area contributed by atoms with Gasteiger partial charge in [0.05, 0.1) is 0 Å². The van der Waals surface area contributed by atoms with E-state index in [4.69, 9.17) is 10.8 Å². The van der Waals surface area contributed by atoms with Crippen LogP contribution in [0.4, 0.5) is 4.79 Å². The van der Waals surface area contributed by atoms with E-state index in [1.165, 1.54) is 6.92 Å². The molecule has 0 radical (unpaired) electrons. The highest BCUT2D eigenvalue weighted by atomic mass is 16.4. The Balaban J connectivity index is 3.72. The summed E-state index contributed by atoms with van der Waals surface area (Å²) in [7, 11) is 0. The summed E-state index contributed by atoms with van der Waals surface area (Å²) in [6.45, 7) is 1.63. The van der Waals surface area contributed by atoms with Crippen LogP contribution in [-0.2, 0) is 9.59 Å². The first-order chi connectivity index (χ1) is 7.43. The van der Waals surface area contributed by atoms with E-state index < -0.39 is 18.0 Å². The molecule has 16 heavy (non-hydrogen) atoms. The topological polar surface area (TPSA) is 122 Å². The molecule has 5 N–H and O–H groups in total. The third-order valence-electron chi connectivity index (χ3n) is 1.92. The van der Waals surface area contributed by atoms with Gasteiger partial charge in [0.15, 0.2) is 0 Å². The van der Waals surface area contributed by atoms with E-state index in [2.05, 4.69) is 10.6 Å². The summed E-state index contributed by atoms with van der Waals surface area (Å²) in [6, 6.07) is -0.678. The van der Waals surface area contributed by atoms with Crippen molar-refractivity contribution >= 4 is 17.9 Å². The molecular formula is C9H17N3O4. The minimum atomic E-state index is -1.08. The van der Waals surface area contributed by atoms with Crippen LogP contribution in [0.2, 0.25) is 0 Å². The lowest BCUT2D eigenvalue weighted by molar-refractivity contribution is -0.126. The van der Waals surface area contributed by atoms with E-state index >= 15 is 0 Å². The third kappa shape index (κ3) is 7.60. The lowest BCUT2D eigenvalue weighted by Gasteiger charge is -2.13. The number of hydrogen-bond acceptors (Lipinski definition) is 3. The third-order valence-corrected chi connectivity index (χ3v) is 1.92. The molecule has 1 atom stereocenters. The van der Waals surface area contributed by atoms with E-state index in [1.54, 1.807) is 0 Å². The number of carbonyl (C=O) groups is 3. The second-order valence-electron chi connectivity index (χ2n) is 3.38. The molecule has 7 nitrogen and oxygen atoms in total. The number of rotatable bonds is 7. The van der Waals surface area contributed by atoms with E-state index in [0.717, 1.165) is 0 Å². The SMILES string of the molecule is CC(=O)NC(CCCCNC(=O)O)C(N)=O. The first-order valence-corrected chi connectivity index (χ1v) is 4.96. The zero-order valence-corrected chi connectivity index (χ0v) is 9.16. The summed E-state index contributed by atoms with van der Waals surface area (Å²) in [4.78, 5) is 31.7. The summed E-state index contributed by atoms with van der Waals surface area (Å²) in [6.07, 6.45) is 0.536. The predicted octanol–water partition coefficient (Wildman–Crippen LogP) is -0.586. The minimum absolute atomic E-state index is 0.313. The van der Waals surface area contributed by atoms with Crippen molar-refractivity contribution in [1.29, 1.82) is 0 Å². The summed E-state index contributed by atoms with van der Waals surface area (Å²) < 4.78 is 0. The molecule has 0 bridgehead atoms. The summed E-state index contributed by atoms with van der Waals surface area (Å²) in [5.41, 5.74) is 5.08. The molecule has 3 amide bonds. The Morgan fingerprint density at radius 1 is 1.31 bits per heavy atom. The number of unbranched alkanes of at least 4 members (excludes halogenated alkanes) is 1. The van der Waals surface area contributed by atoms with Gasteiger partial charge in [0.2, 0.25) is 11.8 Å². The number of hydrogen-bond donors (Lipinski definition) is 4. The van der Waals surface area contributed by atoms with Gasteiger partial charge in [0.25, 0.3) is 0 Å². The Labute approximate surface area is 93.4 Å². The van der Waals surface area contributed by atoms with Crippen LogP contribution < -0.4 is 16.4 Å². The summed E-state index contributed by atoms with van der Waals surface area (Å²) >= 11 is 0. The second kappa shape index (κ2) is 7.49. The van der Waals surface area contributed by atoms with E-state index in [0.29, 0.717) is 25.8 Å². The van der Waals surface area contributed by atoms with Crippen LogP contribution in [0, 0.1) is 0 Å². The van der Waals surface area contributed by atoms with E-state index in [-0.39, 0.29) is 5.91 Å². The molecule has 0 aromatic rings. The molecular weight excluding hydrogens is 214 g/mol. The maximum Gasteiger partial charge on any atom is 0.404 e. The van der Waals surface area contributed by atoms with E-state index in [1.807, 2.05) is 0 Å². The van der Waals surface area contributed by atoms with Crippen LogP contribution in [0.5, 0.6) is 0 Å². The Kier molecular flexibility index (Phi) is 6.66. The average Bonchev–Trinajstić information content (AvgIpc) is 2.14. The molecule has 0 aliphatic carbocycles. The molecule has 0 heterocycles. The highest BCUT2D eigenvalue weighted by Crippen LogP contribution is 2.00. The first kappa shape index (κ1) is 14.2. The molecule has 0 aliphatic heterocycles. The average molecular weight is 231 g/mol. The van der Waals surface area contributed by atoms with Gasteiger partial charge in [-0.2, -0.15) is 0 Å². The normalized spacial score (nSPS) is 11.6. The Hall–Kier alpha value is -1.79. The van der Waals surface area contributed by atoms with Crippen molar-refractivity contribution in [3.8, 4) is 0 Å². The van der Waals surface area contributed by atoms with Crippen molar-refractivity contribution in [2.45, 2.75) is 32.2 Å². The van der Waals surface area contributed by atoms with Crippen molar-refractivity contribution < 1.29 is 19.5 Å². The van der Waals surface area contributed by atoms with Crippen molar-refractivity contribution in [3.63, 3.8) is 0 Å². The van der Waals surface area contributed by atoms with Crippen LogP contribution in [0.15, 0.2) is 0 Å². The van der Waals surface area contributed by atoms with Crippen LogP contribution in [0.3, 0.4) is 0 Å². The zero-order chi connectivity index (χ0) is 12.6. The molecule has 0 aromatic heterocycles. The van der Waals surface area contributed by atoms with Gasteiger partial charge in [-0.05, 0) is 19.3 Å². The van der Waals surface area contributed by atoms with Crippen LogP contribution in [0.1, 0.15) is 26.2 Å². The summed E-state index contributed by atoms with van der Waals surface area (Å²) in [5.74, 6) is -0.895. The quantitative estimate of drug-likeness (QED) is 0.437. The minimum Gasteiger partial charge on any atom is -0.465 e. The van der Waals surface area contributed by atoms with Crippen molar-refractivity contribution in [2.24, 2.45) is 5.73 Å². The molecule has 0 aliphatic rings. The van der Waals surface area contributed by atoms with Crippen LogP contribution in [0.25, 0.3) is 0 Å². The number of amides is 3. The molecule has 0 aromatic carbocycles. The van der Waals surface area contributed by atoms with Gasteiger partial charge in [0, 0.05) is 13.5 Å². The predicted molar refractivity (Wildman–Crippen MR) is 56.7 cm³/mol. The smallest absolute Gasteiger partial charge is 0.404 e. The molecule has 0 fully saturated rings. The van der Waals surface area contributed by atoms with Gasteiger partial charge in [0.1, 0.15) is 6.04 Å². The van der Waals surface area contributed by atoms with Crippen LogP contribution in [-0.4, -0.2) is 35.6 Å². The highest BCUT2D eigenvalue weighted by molar-refractivity contribution is 5.85. The molecule has 0 saturated heterocycles. The van der Waals surface area contributed by atoms with Gasteiger partial charge in [-0.3, -0.25) is 9.59 Å². The van der Waals surface area contributed by atoms with Crippen molar-refractivity contribution in [1.82, 2.24) is 10.6 Å². The van der Waals surface area contributed by atoms with Gasteiger partial charge in [-0.25, -0.2) is 4.79 Å². The fraction of sp³-hybridized carbons (Fsp3) is 0.667. The number of nitrogens with two attached hydrogens (primary N) is 1. The standard InChI is InChI=1S/C9H17N3O4/c1-6(13)12-7(8(10)14)4-2-3-5-11-9(15)16/h7,11H,2-5H2,1H3,(H2,10,14)(H,12,13)(H,15,16). The van der Waals surface area contributed by atoms with Crippen molar-refractivity contribution in [2.75, 3.05) is 6.54 Å². The number of carboxylic acid groups (broad SMARTS) is 1. The molecule has 1 unspecified atom stereocenters. The Bertz CT molecular complexity index is 267. The fourth-order valence-corrected chi connectivity index (χ4v) is 1.20. The zero-order valence-electron chi connectivity index (χ0n) is 9.16. The van der Waals surface area contributed by atoms with Crippen molar-refractivity contribution in [3.05, 3.63) is 0 Å². The summed E-state index contributed by atoms with van der Waals surface area (Å²) in [5, 5.41) is 12.9. The number of primary amides is 1. The monoisotopic (exact) mass is 231 g/mol. The number of nitrogens with one attached hydrogen (secondary N) is 2. The highest BCUT2D eigenvalue weighted by Gasteiger charge is 2.15. The second-order valence-corrected chi connectivity index (χ2v) is 3.38. The first-order valence-electron chi connectivity index (χ1n) is 4.96. The molecule has 7 heteroatoms. The van der Waals surface area contributed by atoms with Crippen LogP contribution >= 0.6 is 0 Å². The van der Waals surface area contributed by atoms with Gasteiger partial charge < -0.3 is 21.5 Å². The van der Waals surface area contributed by atoms with Gasteiger partial charge in [-0.1, -0.05) is 0 Å². The molecule has 92 valence electrons. The maximum atomic E-state index is 10.9. The molecule has 0 spiro atoms. The molecule has 0 rings (SSSR count). The largest absolute Gasteiger partial charge is 0.465 e.